The SMILES string of the molecule is COC(=O)c1cc(F)c(OCC(C2CCCCC2)C2(c3ccc(Cl)cc3C)Nc3cc(F)c(F)cc3N2)c(F)c1. The number of fused-ring (bicyclic) bond motifs is 1. The van der Waals surface area contributed by atoms with Crippen molar-refractivity contribution in [1.82, 2.24) is 0 Å². The molecule has 1 atom stereocenters. The van der Waals surface area contributed by atoms with E-state index in [1.165, 1.54) is 0 Å². The van der Waals surface area contributed by atoms with Crippen molar-refractivity contribution < 1.29 is 31.8 Å². The summed E-state index contributed by atoms with van der Waals surface area (Å²) in [6, 6.07) is 9.26. The molecule has 5 nitrogen and oxygen atoms in total. The molecule has 2 N–H and O–H groups in total. The van der Waals surface area contributed by atoms with Crippen LogP contribution in [0.25, 0.3) is 0 Å². The molecule has 1 fully saturated rings. The van der Waals surface area contributed by atoms with Crippen LogP contribution in [0.5, 0.6) is 5.75 Å². The molecule has 3 aromatic rings. The van der Waals surface area contributed by atoms with Crippen LogP contribution < -0.4 is 15.4 Å². The molecule has 40 heavy (non-hydrogen) atoms. The van der Waals surface area contributed by atoms with Gasteiger partial charge in [-0.25, -0.2) is 22.4 Å². The van der Waals surface area contributed by atoms with Gasteiger partial charge >= 0.3 is 5.97 Å². The number of esters is 1. The van der Waals surface area contributed by atoms with Gasteiger partial charge < -0.3 is 20.1 Å². The summed E-state index contributed by atoms with van der Waals surface area (Å²) in [5.74, 6) is -6.01. The van der Waals surface area contributed by atoms with E-state index in [-0.39, 0.29) is 18.1 Å². The monoisotopic (exact) mass is 576 g/mol. The van der Waals surface area contributed by atoms with E-state index in [1.54, 1.807) is 12.1 Å². The van der Waals surface area contributed by atoms with E-state index in [4.69, 9.17) is 16.3 Å². The van der Waals surface area contributed by atoms with E-state index in [0.717, 1.165) is 74.6 Å². The summed E-state index contributed by atoms with van der Waals surface area (Å²) in [7, 11) is 1.12. The van der Waals surface area contributed by atoms with Crippen molar-refractivity contribution in [3.05, 3.63) is 87.4 Å². The first-order valence-electron chi connectivity index (χ1n) is 13.1. The summed E-state index contributed by atoms with van der Waals surface area (Å²) in [6.45, 7) is 1.73. The summed E-state index contributed by atoms with van der Waals surface area (Å²) < 4.78 is 69.0. The van der Waals surface area contributed by atoms with Crippen LogP contribution in [0, 0.1) is 42.0 Å². The molecule has 0 amide bonds. The third-order valence-electron chi connectivity index (χ3n) is 7.94. The van der Waals surface area contributed by atoms with Crippen molar-refractivity contribution in [3.8, 4) is 5.75 Å². The molecule has 2 aliphatic rings. The fourth-order valence-electron chi connectivity index (χ4n) is 6.06. The van der Waals surface area contributed by atoms with Gasteiger partial charge in [0.05, 0.1) is 30.7 Å². The lowest BCUT2D eigenvalue weighted by Crippen LogP contribution is -2.52. The number of carbonyl (C=O) groups is 1. The van der Waals surface area contributed by atoms with Gasteiger partial charge in [-0.05, 0) is 55.5 Å². The zero-order valence-corrected chi connectivity index (χ0v) is 22.8. The fourth-order valence-corrected chi connectivity index (χ4v) is 6.28. The van der Waals surface area contributed by atoms with Gasteiger partial charge in [0.2, 0.25) is 0 Å². The molecule has 1 heterocycles. The molecule has 10 heteroatoms. The highest BCUT2D eigenvalue weighted by Gasteiger charge is 2.50. The summed E-state index contributed by atoms with van der Waals surface area (Å²) in [5, 5.41) is 7.31. The Labute approximate surface area is 234 Å². The molecule has 5 rings (SSSR count). The number of nitrogens with one attached hydrogen (secondary N) is 2. The second-order valence-electron chi connectivity index (χ2n) is 10.4. The van der Waals surface area contributed by atoms with E-state index in [0.29, 0.717) is 16.4 Å². The van der Waals surface area contributed by atoms with Gasteiger partial charge in [-0.2, -0.15) is 0 Å². The maximum atomic E-state index is 15.0. The quantitative estimate of drug-likeness (QED) is 0.221. The van der Waals surface area contributed by atoms with Crippen molar-refractivity contribution in [3.63, 3.8) is 0 Å². The van der Waals surface area contributed by atoms with Crippen LogP contribution in [0.4, 0.5) is 28.9 Å². The summed E-state index contributed by atoms with van der Waals surface area (Å²) in [4.78, 5) is 11.8. The number of halogens is 5. The van der Waals surface area contributed by atoms with Crippen molar-refractivity contribution >= 4 is 28.9 Å². The second kappa shape index (κ2) is 11.2. The number of rotatable bonds is 7. The Morgan fingerprint density at radius 3 is 2.10 bits per heavy atom. The Morgan fingerprint density at radius 2 is 1.55 bits per heavy atom. The van der Waals surface area contributed by atoms with Crippen LogP contribution in [-0.4, -0.2) is 19.7 Å². The largest absolute Gasteiger partial charge is 0.487 e. The maximum absolute atomic E-state index is 15.0. The van der Waals surface area contributed by atoms with Crippen LogP contribution in [0.1, 0.15) is 53.6 Å². The highest BCUT2D eigenvalue weighted by Crippen LogP contribution is 2.50. The minimum Gasteiger partial charge on any atom is -0.487 e. The Kier molecular flexibility index (Phi) is 7.86. The Balaban J connectivity index is 1.59. The molecule has 0 radical (unpaired) electrons. The molecule has 1 saturated carbocycles. The smallest absolute Gasteiger partial charge is 0.338 e. The van der Waals surface area contributed by atoms with E-state index in [1.807, 2.05) is 13.0 Å². The van der Waals surface area contributed by atoms with Gasteiger partial charge in [0, 0.05) is 28.6 Å². The standard InChI is InChI=1S/C30H29ClF4N2O3/c1-16-10-19(31)8-9-20(16)30(36-26-13-22(32)23(33)14-27(26)37-30)21(17-6-4-3-5-7-17)15-40-28-24(34)11-18(12-25(28)35)29(38)39-2/h8-14,17,21,36-37H,3-7,15H2,1-2H3. The van der Waals surface area contributed by atoms with Crippen molar-refractivity contribution in [2.45, 2.75) is 44.7 Å². The number of aryl methyl sites for hydroxylation is 1. The van der Waals surface area contributed by atoms with Gasteiger partial charge in [-0.15, -0.1) is 0 Å². The Bertz CT molecular complexity index is 1390. The first kappa shape index (κ1) is 28.1. The third kappa shape index (κ3) is 5.19. The average Bonchev–Trinajstić information content (AvgIpc) is 3.28. The second-order valence-corrected chi connectivity index (χ2v) is 10.8. The summed E-state index contributed by atoms with van der Waals surface area (Å²) in [5.41, 5.74) is 0.859. The minimum atomic E-state index is -1.14. The predicted octanol–water partition coefficient (Wildman–Crippen LogP) is 7.96. The molecule has 1 aliphatic carbocycles. The first-order valence-corrected chi connectivity index (χ1v) is 13.5. The molecule has 3 aromatic carbocycles. The maximum Gasteiger partial charge on any atom is 0.338 e. The van der Waals surface area contributed by atoms with E-state index in [9.17, 15) is 13.6 Å². The molecule has 0 spiro atoms. The normalized spacial score (nSPS) is 17.0. The molecule has 0 aromatic heterocycles. The third-order valence-corrected chi connectivity index (χ3v) is 8.17. The van der Waals surface area contributed by atoms with Gasteiger partial charge in [0.1, 0.15) is 5.66 Å². The predicted molar refractivity (Wildman–Crippen MR) is 145 cm³/mol. The van der Waals surface area contributed by atoms with Crippen LogP contribution in [0.15, 0.2) is 42.5 Å². The highest BCUT2D eigenvalue weighted by molar-refractivity contribution is 6.30. The van der Waals surface area contributed by atoms with Crippen LogP contribution in [0.2, 0.25) is 5.02 Å². The minimum absolute atomic E-state index is 0.0355. The number of methoxy groups -OCH3 is 1. The van der Waals surface area contributed by atoms with Gasteiger partial charge in [-0.3, -0.25) is 0 Å². The number of carbonyl (C=O) groups excluding carboxylic acids is 1. The van der Waals surface area contributed by atoms with Gasteiger partial charge in [0.15, 0.2) is 29.0 Å². The number of hydrogen-bond acceptors (Lipinski definition) is 5. The lowest BCUT2D eigenvalue weighted by atomic mass is 9.71. The topological polar surface area (TPSA) is 59.6 Å². The summed E-state index contributed by atoms with van der Waals surface area (Å²) >= 11 is 6.27. The molecule has 1 unspecified atom stereocenters. The van der Waals surface area contributed by atoms with Crippen LogP contribution >= 0.6 is 11.6 Å². The molecule has 0 bridgehead atoms. The Morgan fingerprint density at radius 1 is 0.950 bits per heavy atom. The number of ether oxygens (including phenoxy) is 2. The molecular weight excluding hydrogens is 548 g/mol. The molecule has 0 saturated heterocycles. The zero-order valence-electron chi connectivity index (χ0n) is 22.1. The fraction of sp³-hybridized carbons (Fsp3) is 0.367. The van der Waals surface area contributed by atoms with Gasteiger partial charge in [-0.1, -0.05) is 36.9 Å². The highest BCUT2D eigenvalue weighted by atomic mass is 35.5. The van der Waals surface area contributed by atoms with E-state index < -0.39 is 46.6 Å². The average molecular weight is 577 g/mol. The molecule has 212 valence electrons. The van der Waals surface area contributed by atoms with Crippen LogP contribution in [-0.2, 0) is 10.4 Å². The van der Waals surface area contributed by atoms with Crippen molar-refractivity contribution in [2.24, 2.45) is 11.8 Å². The number of benzene rings is 3. The van der Waals surface area contributed by atoms with E-state index >= 15 is 8.78 Å². The Hall–Kier alpha value is -3.46. The lowest BCUT2D eigenvalue weighted by Gasteiger charge is -2.44. The lowest BCUT2D eigenvalue weighted by molar-refractivity contribution is 0.0599. The van der Waals surface area contributed by atoms with Gasteiger partial charge in [0.25, 0.3) is 0 Å². The molecular formula is C30H29ClF4N2O3. The zero-order chi connectivity index (χ0) is 28.6. The van der Waals surface area contributed by atoms with Crippen molar-refractivity contribution in [1.29, 1.82) is 0 Å². The number of anilines is 2. The van der Waals surface area contributed by atoms with Crippen LogP contribution in [0.3, 0.4) is 0 Å². The summed E-state index contributed by atoms with van der Waals surface area (Å²) in [6.07, 6.45) is 4.65. The number of hydrogen-bond donors (Lipinski definition) is 2. The molecule has 1 aliphatic heterocycles. The first-order chi connectivity index (χ1) is 19.1. The van der Waals surface area contributed by atoms with E-state index in [2.05, 4.69) is 15.4 Å². The van der Waals surface area contributed by atoms with Crippen molar-refractivity contribution in [2.75, 3.05) is 24.4 Å².